The second-order valence-electron chi connectivity index (χ2n) is 9.56. The number of rotatable bonds is 5. The number of aromatic nitrogens is 1. The number of fused-ring (bicyclic) bond motifs is 1. The summed E-state index contributed by atoms with van der Waals surface area (Å²) in [4.78, 5) is 19.9. The molecular weight excluding hydrogens is 417 g/mol. The smallest absolute Gasteiger partial charge is 0.260 e. The second-order valence-corrected chi connectivity index (χ2v) is 9.56. The maximum absolute atomic E-state index is 13.9. The van der Waals surface area contributed by atoms with Crippen molar-refractivity contribution in [2.24, 2.45) is 0 Å². The Bertz CT molecular complexity index is 1150. The van der Waals surface area contributed by atoms with Gasteiger partial charge in [-0.05, 0) is 83.0 Å². The van der Waals surface area contributed by atoms with Crippen LogP contribution in [0.1, 0.15) is 56.9 Å². The van der Waals surface area contributed by atoms with Crippen molar-refractivity contribution in [2.45, 2.75) is 58.1 Å². The number of benzene rings is 1. The molecule has 1 amide bonds. The highest BCUT2D eigenvalue weighted by molar-refractivity contribution is 6.32. The minimum Gasteiger partial charge on any atom is -0.482 e. The number of aryl methyl sites for hydroxylation is 1. The van der Waals surface area contributed by atoms with Crippen molar-refractivity contribution in [3.8, 4) is 0 Å². The molecule has 3 aliphatic rings. The van der Waals surface area contributed by atoms with Crippen LogP contribution in [-0.2, 0) is 16.0 Å². The normalized spacial score (nSPS) is 23.9. The SMILES string of the molecule is CCN1CCCC1CCc1ccc(C2=C/C(=C3\C(=O)Nc4ccc(F)cc43)OC2(C)C)cn1. The van der Waals surface area contributed by atoms with E-state index >= 15 is 0 Å². The van der Waals surface area contributed by atoms with E-state index < -0.39 is 5.60 Å². The van der Waals surface area contributed by atoms with Crippen LogP contribution in [0.3, 0.4) is 0 Å². The molecule has 3 aliphatic heterocycles. The molecule has 1 aromatic carbocycles. The Kier molecular flexibility index (Phi) is 5.57. The highest BCUT2D eigenvalue weighted by atomic mass is 19.1. The molecule has 4 heterocycles. The van der Waals surface area contributed by atoms with Crippen molar-refractivity contribution in [2.75, 3.05) is 18.4 Å². The van der Waals surface area contributed by atoms with E-state index in [1.807, 2.05) is 26.1 Å². The number of hydrogen-bond donors (Lipinski definition) is 1. The first-order valence-electron chi connectivity index (χ1n) is 11.8. The zero-order chi connectivity index (χ0) is 23.2. The lowest BCUT2D eigenvalue weighted by atomic mass is 9.93. The summed E-state index contributed by atoms with van der Waals surface area (Å²) in [6.07, 6.45) is 8.47. The number of pyridine rings is 1. The van der Waals surface area contributed by atoms with Crippen molar-refractivity contribution < 1.29 is 13.9 Å². The van der Waals surface area contributed by atoms with Gasteiger partial charge in [0.05, 0.1) is 5.57 Å². The van der Waals surface area contributed by atoms with Gasteiger partial charge in [-0.2, -0.15) is 0 Å². The molecule has 0 saturated carbocycles. The van der Waals surface area contributed by atoms with Crippen LogP contribution < -0.4 is 5.32 Å². The summed E-state index contributed by atoms with van der Waals surface area (Å²) in [5.41, 5.74) is 3.88. The average molecular weight is 448 g/mol. The number of carbonyl (C=O) groups is 1. The van der Waals surface area contributed by atoms with Crippen LogP contribution in [0.4, 0.5) is 10.1 Å². The Hall–Kier alpha value is -2.99. The molecule has 0 bridgehead atoms. The molecule has 1 saturated heterocycles. The van der Waals surface area contributed by atoms with Gasteiger partial charge in [0.2, 0.25) is 0 Å². The Morgan fingerprint density at radius 1 is 1.27 bits per heavy atom. The maximum atomic E-state index is 13.9. The lowest BCUT2D eigenvalue weighted by Gasteiger charge is -2.24. The molecule has 0 radical (unpaired) electrons. The summed E-state index contributed by atoms with van der Waals surface area (Å²) in [5.74, 6) is -0.202. The number of halogens is 1. The van der Waals surface area contributed by atoms with Gasteiger partial charge in [0.25, 0.3) is 5.91 Å². The first-order chi connectivity index (χ1) is 15.9. The molecule has 0 aliphatic carbocycles. The summed E-state index contributed by atoms with van der Waals surface area (Å²) < 4.78 is 20.1. The third-order valence-electron chi connectivity index (χ3n) is 7.04. The minimum atomic E-state index is -0.632. The molecule has 0 spiro atoms. The summed E-state index contributed by atoms with van der Waals surface area (Å²) in [7, 11) is 0. The lowest BCUT2D eigenvalue weighted by Crippen LogP contribution is -2.29. The largest absolute Gasteiger partial charge is 0.482 e. The molecule has 1 unspecified atom stereocenters. The number of carbonyl (C=O) groups excluding carboxylic acids is 1. The number of likely N-dealkylation sites (tertiary alicyclic amines) is 1. The predicted molar refractivity (Wildman–Crippen MR) is 128 cm³/mol. The minimum absolute atomic E-state index is 0.277. The molecule has 5 rings (SSSR count). The van der Waals surface area contributed by atoms with Crippen LogP contribution in [-0.4, -0.2) is 40.5 Å². The fourth-order valence-electron chi connectivity index (χ4n) is 5.29. The van der Waals surface area contributed by atoms with Crippen LogP contribution in [0.25, 0.3) is 11.1 Å². The van der Waals surface area contributed by atoms with Crippen molar-refractivity contribution in [1.29, 1.82) is 0 Å². The number of nitrogens with zero attached hydrogens (tertiary/aromatic N) is 2. The number of hydrogen-bond acceptors (Lipinski definition) is 4. The van der Waals surface area contributed by atoms with Crippen molar-refractivity contribution in [3.05, 3.63) is 71.0 Å². The van der Waals surface area contributed by atoms with E-state index in [0.717, 1.165) is 36.2 Å². The lowest BCUT2D eigenvalue weighted by molar-refractivity contribution is -0.111. The molecule has 1 fully saturated rings. The molecular formula is C27H30FN3O2. The monoisotopic (exact) mass is 447 g/mol. The average Bonchev–Trinajstić information content (AvgIpc) is 3.46. The summed E-state index contributed by atoms with van der Waals surface area (Å²) in [5, 5.41) is 2.80. The standard InChI is InChI=1S/C27H30FN3O2/c1-4-31-13-5-6-20(31)11-10-19-9-7-17(16-29-19)22-15-24(33-27(22,2)3)25-21-14-18(28)8-12-23(21)30-26(25)32/h7-9,12,14-16,20H,4-6,10-11,13H2,1-3H3,(H,30,32)/b25-24+. The van der Waals surface area contributed by atoms with E-state index in [4.69, 9.17) is 9.72 Å². The fraction of sp³-hybridized carbons (Fsp3) is 0.407. The number of ether oxygens (including phenoxy) is 1. The summed E-state index contributed by atoms with van der Waals surface area (Å²) in [6.45, 7) is 8.51. The Balaban J connectivity index is 1.39. The molecule has 2 aromatic rings. The van der Waals surface area contributed by atoms with E-state index in [9.17, 15) is 9.18 Å². The van der Waals surface area contributed by atoms with Crippen molar-refractivity contribution in [1.82, 2.24) is 9.88 Å². The molecule has 5 nitrogen and oxygen atoms in total. The first-order valence-corrected chi connectivity index (χ1v) is 11.8. The number of amides is 1. The van der Waals surface area contributed by atoms with Crippen molar-refractivity contribution in [3.63, 3.8) is 0 Å². The zero-order valence-corrected chi connectivity index (χ0v) is 19.5. The highest BCUT2D eigenvalue weighted by Gasteiger charge is 2.38. The van der Waals surface area contributed by atoms with Crippen LogP contribution in [0.5, 0.6) is 0 Å². The van der Waals surface area contributed by atoms with E-state index in [1.165, 1.54) is 31.5 Å². The predicted octanol–water partition coefficient (Wildman–Crippen LogP) is 5.19. The third-order valence-corrected chi connectivity index (χ3v) is 7.04. The molecule has 1 atom stereocenters. The third kappa shape index (κ3) is 4.08. The number of anilines is 1. The topological polar surface area (TPSA) is 54.5 Å². The van der Waals surface area contributed by atoms with Gasteiger partial charge in [0, 0.05) is 40.3 Å². The quantitative estimate of drug-likeness (QED) is 0.641. The van der Waals surface area contributed by atoms with Crippen LogP contribution in [0.2, 0.25) is 0 Å². The van der Waals surface area contributed by atoms with Gasteiger partial charge in [-0.15, -0.1) is 0 Å². The van der Waals surface area contributed by atoms with Gasteiger partial charge in [0.15, 0.2) is 0 Å². The van der Waals surface area contributed by atoms with Crippen LogP contribution >= 0.6 is 0 Å². The Labute approximate surface area is 194 Å². The van der Waals surface area contributed by atoms with Crippen LogP contribution in [0, 0.1) is 5.82 Å². The van der Waals surface area contributed by atoms with Gasteiger partial charge in [-0.3, -0.25) is 9.78 Å². The van der Waals surface area contributed by atoms with E-state index in [1.54, 1.807) is 6.07 Å². The van der Waals surface area contributed by atoms with Gasteiger partial charge in [-0.1, -0.05) is 13.0 Å². The Morgan fingerprint density at radius 3 is 2.88 bits per heavy atom. The van der Waals surface area contributed by atoms with Gasteiger partial charge >= 0.3 is 0 Å². The molecule has 1 aromatic heterocycles. The maximum Gasteiger partial charge on any atom is 0.260 e. The van der Waals surface area contributed by atoms with E-state index in [-0.39, 0.29) is 11.7 Å². The van der Waals surface area contributed by atoms with Crippen LogP contribution in [0.15, 0.2) is 48.4 Å². The van der Waals surface area contributed by atoms with Gasteiger partial charge in [0.1, 0.15) is 17.2 Å². The highest BCUT2D eigenvalue weighted by Crippen LogP contribution is 2.44. The fourth-order valence-corrected chi connectivity index (χ4v) is 5.29. The number of allylic oxidation sites excluding steroid dienone is 1. The summed E-state index contributed by atoms with van der Waals surface area (Å²) >= 11 is 0. The molecule has 33 heavy (non-hydrogen) atoms. The van der Waals surface area contributed by atoms with Gasteiger partial charge in [-0.25, -0.2) is 4.39 Å². The molecule has 6 heteroatoms. The molecule has 1 N–H and O–H groups in total. The Morgan fingerprint density at radius 2 is 2.12 bits per heavy atom. The van der Waals surface area contributed by atoms with Crippen molar-refractivity contribution >= 4 is 22.7 Å². The number of nitrogens with one attached hydrogen (secondary N) is 1. The molecule has 172 valence electrons. The van der Waals surface area contributed by atoms with E-state index in [0.29, 0.717) is 28.6 Å². The van der Waals surface area contributed by atoms with Gasteiger partial charge < -0.3 is 15.0 Å². The van der Waals surface area contributed by atoms with E-state index in [2.05, 4.69) is 29.3 Å². The zero-order valence-electron chi connectivity index (χ0n) is 19.5. The first kappa shape index (κ1) is 21.8. The second kappa shape index (κ2) is 8.41. The summed E-state index contributed by atoms with van der Waals surface area (Å²) in [6, 6.07) is 9.14.